The molecule has 3 heterocycles. The number of hydrogen-bond donors (Lipinski definition) is 3. The molecule has 2 fully saturated rings. The summed E-state index contributed by atoms with van der Waals surface area (Å²) in [5.41, 5.74) is 9.52. The predicted molar refractivity (Wildman–Crippen MR) is 398 cm³/mol. The Balaban J connectivity index is 1.35. The Labute approximate surface area is 645 Å². The van der Waals surface area contributed by atoms with Crippen molar-refractivity contribution in [2.45, 2.75) is 188 Å². The molecule has 35 heteroatoms. The quantitative estimate of drug-likeness (QED) is 0.0145. The number of ether oxygens (including phenoxy) is 14. The van der Waals surface area contributed by atoms with E-state index in [1.54, 1.807) is 46.6 Å². The highest BCUT2D eigenvalue weighted by atomic mass is 32.1. The lowest BCUT2D eigenvalue weighted by Gasteiger charge is -2.44. The van der Waals surface area contributed by atoms with E-state index >= 15 is 4.79 Å². The third-order valence-electron chi connectivity index (χ3n) is 18.7. The van der Waals surface area contributed by atoms with Gasteiger partial charge in [0, 0.05) is 103 Å². The summed E-state index contributed by atoms with van der Waals surface area (Å²) in [5.74, 6) is -8.52. The van der Waals surface area contributed by atoms with Gasteiger partial charge < -0.3 is 92.1 Å². The molecule has 3 aromatic rings. The summed E-state index contributed by atoms with van der Waals surface area (Å²) >= 11 is 0.990. The fraction of sp³-hybridized carbons (Fsp3) is 0.667. The number of carbonyl (C=O) groups is 11. The van der Waals surface area contributed by atoms with Crippen LogP contribution < -0.4 is 20.7 Å². The number of methoxy groups -OCH3 is 3. The van der Waals surface area contributed by atoms with E-state index in [0.29, 0.717) is 55.9 Å². The fourth-order valence-electron chi connectivity index (χ4n) is 13.2. The van der Waals surface area contributed by atoms with Gasteiger partial charge in [-0.2, -0.15) is 0 Å². The van der Waals surface area contributed by atoms with Gasteiger partial charge in [0.1, 0.15) is 43.2 Å². The van der Waals surface area contributed by atoms with Gasteiger partial charge in [0.25, 0.3) is 5.91 Å². The van der Waals surface area contributed by atoms with Gasteiger partial charge in [-0.25, -0.2) is 9.59 Å². The maximum Gasteiger partial charge on any atom is 0.410 e. The largest absolute Gasteiger partial charge is 0.467 e. The molecule has 6 amide bonds. The molecule has 1 aromatic heterocycles. The number of carbonyl (C=O) groups excluding carboxylic acids is 11. The zero-order valence-electron chi connectivity index (χ0n) is 65.9. The molecule has 2 saturated heterocycles. The second kappa shape index (κ2) is 46.8. The van der Waals surface area contributed by atoms with Crippen LogP contribution in [0.25, 0.3) is 20.5 Å². The van der Waals surface area contributed by atoms with E-state index in [0.717, 1.165) is 49.5 Å². The Kier molecular flexibility index (Phi) is 39.0. The van der Waals surface area contributed by atoms with Gasteiger partial charge in [-0.3, -0.25) is 48.1 Å². The van der Waals surface area contributed by atoms with Crippen LogP contribution in [0.2, 0.25) is 0 Å². The van der Waals surface area contributed by atoms with E-state index in [9.17, 15) is 47.9 Å². The average Bonchev–Trinajstić information content (AvgIpc) is 1.42. The van der Waals surface area contributed by atoms with Crippen LogP contribution in [0, 0.1) is 23.7 Å². The lowest BCUT2D eigenvalue weighted by Crippen LogP contribution is -2.63. The monoisotopic (exact) mass is 1570 g/mol. The fourth-order valence-corrected chi connectivity index (χ4v) is 14.3. The number of amides is 6. The van der Waals surface area contributed by atoms with E-state index in [2.05, 4.69) is 26.0 Å². The summed E-state index contributed by atoms with van der Waals surface area (Å²) in [6.45, 7) is 18.6. The third kappa shape index (κ3) is 27.6. The molecule has 3 N–H and O–H groups in total. The van der Waals surface area contributed by atoms with Crippen LogP contribution in [0.1, 0.15) is 123 Å². The van der Waals surface area contributed by atoms with Crippen molar-refractivity contribution >= 4 is 86.9 Å². The molecular formula is C75H111N9O25S. The Morgan fingerprint density at radius 2 is 1.34 bits per heavy atom. The first-order chi connectivity index (χ1) is 52.4. The zero-order valence-corrected chi connectivity index (χ0v) is 66.7. The molecule has 14 atom stereocenters. The highest BCUT2D eigenvalue weighted by Crippen LogP contribution is 2.40. The second-order valence-electron chi connectivity index (χ2n) is 27.4. The summed E-state index contributed by atoms with van der Waals surface area (Å²) in [7, 11) is 7.18. The smallest absolute Gasteiger partial charge is 0.410 e. The van der Waals surface area contributed by atoms with E-state index in [1.807, 2.05) is 44.2 Å². The molecule has 2 aliphatic heterocycles. The van der Waals surface area contributed by atoms with Crippen LogP contribution in [0.5, 0.6) is 5.75 Å². The van der Waals surface area contributed by atoms with Gasteiger partial charge >= 0.3 is 35.9 Å². The third-order valence-corrected chi connectivity index (χ3v) is 19.9. The Hall–Kier alpha value is -8.80. The van der Waals surface area contributed by atoms with E-state index in [4.69, 9.17) is 71.8 Å². The van der Waals surface area contributed by atoms with Crippen LogP contribution in [-0.4, -0.2) is 268 Å². The lowest BCUT2D eigenvalue weighted by molar-refractivity contribution is -0.288. The molecule has 2 aromatic carbocycles. The molecule has 0 spiro atoms. The minimum atomic E-state index is -1.68. The highest BCUT2D eigenvalue weighted by molar-refractivity contribution is 7.21. The van der Waals surface area contributed by atoms with Gasteiger partial charge in [0.05, 0.1) is 101 Å². The maximum atomic E-state index is 15.1. The average molecular weight is 1570 g/mol. The topological polar surface area (TPSA) is 412 Å². The molecule has 34 nitrogen and oxygen atoms in total. The number of esters is 5. The summed E-state index contributed by atoms with van der Waals surface area (Å²) in [5, 5.41) is 12.2. The molecule has 612 valence electrons. The predicted octanol–water partition coefficient (Wildman–Crippen LogP) is 6.02. The number of likely N-dealkylation sites (N-methyl/N-ethyl adjacent to an activating group) is 2. The van der Waals surface area contributed by atoms with Gasteiger partial charge in [0.15, 0.2) is 12.2 Å². The Morgan fingerprint density at radius 3 is 1.91 bits per heavy atom. The number of benzene rings is 2. The van der Waals surface area contributed by atoms with E-state index in [-0.39, 0.29) is 86.8 Å². The number of rotatable bonds is 46. The Bertz CT molecular complexity index is 3560. The van der Waals surface area contributed by atoms with Crippen LogP contribution in [-0.2, 0) is 118 Å². The molecule has 5 rings (SSSR count). The minimum absolute atomic E-state index is 0.000457. The van der Waals surface area contributed by atoms with Gasteiger partial charge in [-0.15, -0.1) is 11.3 Å². The molecule has 0 radical (unpaired) electrons. The summed E-state index contributed by atoms with van der Waals surface area (Å²) in [4.78, 5) is 157. The van der Waals surface area contributed by atoms with E-state index in [1.165, 1.54) is 51.5 Å². The van der Waals surface area contributed by atoms with Crippen molar-refractivity contribution in [3.05, 3.63) is 75.0 Å². The first kappa shape index (κ1) is 91.8. The Morgan fingerprint density at radius 1 is 0.718 bits per heavy atom. The molecule has 2 aliphatic rings. The molecule has 0 saturated carbocycles. The van der Waals surface area contributed by atoms with Crippen molar-refractivity contribution in [3.8, 4) is 5.75 Å². The zero-order chi connectivity index (χ0) is 81.3. The maximum absolute atomic E-state index is 15.1. The van der Waals surface area contributed by atoms with Crippen molar-refractivity contribution in [1.82, 2.24) is 30.7 Å². The van der Waals surface area contributed by atoms with Crippen molar-refractivity contribution in [3.63, 3.8) is 0 Å². The summed E-state index contributed by atoms with van der Waals surface area (Å²) < 4.78 is 80.3. The summed E-state index contributed by atoms with van der Waals surface area (Å²) in [6, 6.07) is 9.10. The van der Waals surface area contributed by atoms with Crippen LogP contribution >= 0.6 is 11.3 Å². The van der Waals surface area contributed by atoms with Crippen molar-refractivity contribution < 1.29 is 119 Å². The molecular weight excluding hydrogens is 1460 g/mol. The number of azide groups is 1. The summed E-state index contributed by atoms with van der Waals surface area (Å²) in [6.07, 6.45) is -8.58. The van der Waals surface area contributed by atoms with Gasteiger partial charge in [-0.1, -0.05) is 96.4 Å². The normalized spacial score (nSPS) is 19.1. The SMILES string of the molecule is CCC(C)[C@@H]([C@@H](CC(=O)N1CCC[C@H]1[C@H](OC)[C@@H](C)C(=O)NC(Cc1ccccc1)C(=O)OC)OC)N(C)C(=O)[C@@H](NC(=O)[C@H](C(C)C)N(C)C(=O)OCc1ccc(O[C@@H]2O[C@H](COC(C)=O)[C@H](OC(C)=O)[C@H](OC(C)=O)[C@H]2OC(C)=O)c2cc(C(=O)NCCOCCOCCOCCOCCN=[N+]=[N-])sc12)C(C)C. The van der Waals surface area contributed by atoms with Crippen molar-refractivity contribution in [1.29, 1.82) is 0 Å². The molecule has 0 aliphatic carbocycles. The second-order valence-corrected chi connectivity index (χ2v) is 28.4. The number of nitrogens with one attached hydrogen (secondary N) is 3. The number of thiophene rings is 1. The number of fused-ring (bicyclic) bond motifs is 1. The molecule has 0 bridgehead atoms. The number of likely N-dealkylation sites (tertiary alicyclic amines) is 1. The van der Waals surface area contributed by atoms with Crippen molar-refractivity contribution in [2.75, 3.05) is 115 Å². The lowest BCUT2D eigenvalue weighted by atomic mass is 9.89. The van der Waals surface area contributed by atoms with Crippen LogP contribution in [0.4, 0.5) is 4.79 Å². The standard InChI is InChI=1S/C75H111N9O25S/c1-17-45(6)63(57(96-14)40-60(89)84-29-21-24-55(84)64(97-15)46(7)69(90)79-54(73(94)98-16)38-51-22-19-18-20-23-51)82(12)72(93)61(43(2)3)80-71(92)62(44(4)5)83(13)75(95)104-41-52-25-26-56(108-74-67(107-50(11)88)66(106-49(10)87)65(105-48(9)86)58(109-74)42-103-47(8)85)53-39-59(110-68(52)53)70(91)77-27-30-99-32-34-101-36-37-102-35-33-100-31-28-78-81-76/h18-20,22-23,25-26,39,43-46,54-55,57-58,61-67,74H,17,21,24,27-38,40-42H2,1-16H3,(H,77,91)(H,79,90)(H,80,92)/t45?,46-,54?,55+,57-,58-,61+,62+,63+,64-,65+,66+,67-,74-/m1/s1. The first-order valence-corrected chi connectivity index (χ1v) is 37.6. The highest BCUT2D eigenvalue weighted by Gasteiger charge is 2.54. The van der Waals surface area contributed by atoms with Gasteiger partial charge in [0.2, 0.25) is 36.0 Å². The first-order valence-electron chi connectivity index (χ1n) is 36.8. The minimum Gasteiger partial charge on any atom is -0.467 e. The van der Waals surface area contributed by atoms with Gasteiger partial charge in [-0.05, 0) is 53.8 Å². The number of nitrogens with zero attached hydrogens (tertiary/aromatic N) is 6. The molecule has 2 unspecified atom stereocenters. The number of hydrogen-bond acceptors (Lipinski definition) is 27. The van der Waals surface area contributed by atoms with Crippen LogP contribution in [0.3, 0.4) is 0 Å². The van der Waals surface area contributed by atoms with Crippen LogP contribution in [0.15, 0.2) is 53.6 Å². The van der Waals surface area contributed by atoms with Crippen molar-refractivity contribution in [2.24, 2.45) is 28.8 Å². The van der Waals surface area contributed by atoms with E-state index < -0.39 is 164 Å². The molecule has 110 heavy (non-hydrogen) atoms.